The molecule has 74 heavy (non-hydrogen) atoms. The number of phenols is 1. The molecule has 3 unspecified atom stereocenters. The molecule has 392 valence electrons. The fraction of sp³-hybridized carbons (Fsp3) is 0.554. The number of piperidine rings is 2. The molecule has 2 amide bonds. The highest BCUT2D eigenvalue weighted by molar-refractivity contribution is 6.02. The van der Waals surface area contributed by atoms with Crippen molar-refractivity contribution in [3.05, 3.63) is 77.0 Å². The molecule has 7 fully saturated rings. The first-order valence-corrected chi connectivity index (χ1v) is 26.8. The molecule has 1 spiro atoms. The number of carbonyl (C=O) groups excluding carboxylic acids is 2. The van der Waals surface area contributed by atoms with Gasteiger partial charge in [0.2, 0.25) is 11.8 Å². The maximum absolute atomic E-state index is 17.2. The molecule has 18 heteroatoms. The molecule has 2 saturated carbocycles. The number of aromatic hydroxyl groups is 1. The summed E-state index contributed by atoms with van der Waals surface area (Å²) in [5.74, 6) is -4.39. The van der Waals surface area contributed by atoms with Gasteiger partial charge in [-0.25, -0.2) is 22.0 Å². The lowest BCUT2D eigenvalue weighted by atomic mass is 9.64. The highest BCUT2D eigenvalue weighted by Gasteiger charge is 2.49. The van der Waals surface area contributed by atoms with Crippen LogP contribution >= 0.6 is 0 Å². The van der Waals surface area contributed by atoms with Crippen LogP contribution in [-0.4, -0.2) is 131 Å². The lowest BCUT2D eigenvalue weighted by Gasteiger charge is -2.49. The van der Waals surface area contributed by atoms with E-state index >= 15 is 22.0 Å². The van der Waals surface area contributed by atoms with E-state index in [1.807, 2.05) is 11.8 Å². The fourth-order valence-corrected chi connectivity index (χ4v) is 13.4. The van der Waals surface area contributed by atoms with Gasteiger partial charge in [0.25, 0.3) is 0 Å². The summed E-state index contributed by atoms with van der Waals surface area (Å²) in [4.78, 5) is 47.0. The second kappa shape index (κ2) is 19.1. The number of aromatic nitrogens is 3. The summed E-state index contributed by atoms with van der Waals surface area (Å²) in [6, 6.07) is 9.14. The van der Waals surface area contributed by atoms with Crippen LogP contribution in [0.1, 0.15) is 101 Å². The number of nitrogens with one attached hydrogen (secondary N) is 2. The number of nitrogens with zero attached hydrogens (tertiary/aromatic N) is 7. The third-order valence-corrected chi connectivity index (χ3v) is 18.0. The number of imide groups is 1. The van der Waals surface area contributed by atoms with Crippen LogP contribution in [-0.2, 0) is 16.0 Å². The molecule has 5 aromatic rings. The molecule has 3 atom stereocenters. The number of hydrogen-bond donors (Lipinski definition) is 3. The van der Waals surface area contributed by atoms with E-state index in [9.17, 15) is 14.7 Å². The molecule has 7 heterocycles. The Kier molecular flexibility index (Phi) is 12.7. The number of ether oxygens (including phenoxy) is 1. The number of fused-ring (bicyclic) bond motifs is 4. The summed E-state index contributed by atoms with van der Waals surface area (Å²) in [6.45, 7) is 8.79. The van der Waals surface area contributed by atoms with Gasteiger partial charge in [0.15, 0.2) is 5.82 Å². The Labute approximate surface area is 427 Å². The van der Waals surface area contributed by atoms with Crippen molar-refractivity contribution >= 4 is 45.0 Å². The van der Waals surface area contributed by atoms with E-state index in [4.69, 9.17) is 14.7 Å². The van der Waals surface area contributed by atoms with Gasteiger partial charge in [0.1, 0.15) is 45.9 Å². The van der Waals surface area contributed by atoms with Crippen molar-refractivity contribution < 1.29 is 41.4 Å². The maximum atomic E-state index is 17.2. The van der Waals surface area contributed by atoms with Crippen molar-refractivity contribution in [1.82, 2.24) is 35.4 Å². The highest BCUT2D eigenvalue weighted by atomic mass is 19.2. The molecule has 2 bridgehead atoms. The standard InChI is InChI=1S/C56H64F5N9O4/c1-2-38-42(57)7-3-33-23-37(71)26-40(46(33)38)49-48(60)50-41(27-62-49)51(70-28-34-4-5-35(29-70)63-34)66-53(65-50)74-32-55(9-10-55)30-67-17-15-54(16-18-67)11-13-56(61,14-12-54)31-68-19-21-69(22-20-68)36-24-43(58)47(44(59)25-36)39-6-8-45(72)64-52(39)73/h3,7,23-27,34-35,39,63,71H,2,4-6,8-22,28-32H2,1H3,(H,64,72,73). The van der Waals surface area contributed by atoms with Gasteiger partial charge in [-0.15, -0.1) is 0 Å². The molecule has 12 rings (SSSR count). The number of likely N-dealkylation sites (tertiary alicyclic amines) is 1. The molecular formula is C56H64F5N9O4. The first-order chi connectivity index (χ1) is 35.7. The van der Waals surface area contributed by atoms with Gasteiger partial charge in [-0.3, -0.25) is 24.8 Å². The Hall–Kier alpha value is -5.72. The first kappa shape index (κ1) is 49.2. The zero-order valence-electron chi connectivity index (χ0n) is 41.9. The Bertz CT molecular complexity index is 2990. The molecule has 7 aliphatic rings. The molecule has 3 aromatic carbocycles. The lowest BCUT2D eigenvalue weighted by Crippen LogP contribution is -2.53. The molecular weight excluding hydrogens is 958 g/mol. The minimum atomic E-state index is -1.30. The quantitative estimate of drug-likeness (QED) is 0.0817. The minimum Gasteiger partial charge on any atom is -0.508 e. The number of piperazine rings is 2. The second-order valence-corrected chi connectivity index (χ2v) is 22.8. The Morgan fingerprint density at radius 2 is 1.49 bits per heavy atom. The van der Waals surface area contributed by atoms with E-state index in [-0.39, 0.29) is 57.8 Å². The van der Waals surface area contributed by atoms with Gasteiger partial charge in [0.05, 0.1) is 17.9 Å². The largest absolute Gasteiger partial charge is 0.508 e. The van der Waals surface area contributed by atoms with Crippen LogP contribution in [0.15, 0.2) is 42.6 Å². The van der Waals surface area contributed by atoms with E-state index in [0.29, 0.717) is 117 Å². The average molecular weight is 1020 g/mol. The van der Waals surface area contributed by atoms with Crippen molar-refractivity contribution in [2.24, 2.45) is 10.8 Å². The number of benzene rings is 3. The zero-order chi connectivity index (χ0) is 51.1. The van der Waals surface area contributed by atoms with Gasteiger partial charge in [-0.05, 0) is 142 Å². The summed E-state index contributed by atoms with van der Waals surface area (Å²) >= 11 is 0. The lowest BCUT2D eigenvalue weighted by molar-refractivity contribution is -0.134. The van der Waals surface area contributed by atoms with E-state index in [2.05, 4.69) is 30.3 Å². The van der Waals surface area contributed by atoms with Gasteiger partial charge in [-0.2, -0.15) is 9.97 Å². The highest BCUT2D eigenvalue weighted by Crippen LogP contribution is 2.52. The van der Waals surface area contributed by atoms with Crippen LogP contribution in [0.2, 0.25) is 0 Å². The van der Waals surface area contributed by atoms with Crippen molar-refractivity contribution in [3.63, 3.8) is 0 Å². The van der Waals surface area contributed by atoms with Crippen LogP contribution in [0, 0.1) is 34.1 Å². The molecule has 0 radical (unpaired) electrons. The predicted octanol–water partition coefficient (Wildman–Crippen LogP) is 8.48. The van der Waals surface area contributed by atoms with Crippen LogP contribution in [0.4, 0.5) is 33.5 Å². The topological polar surface area (TPSA) is 139 Å². The number of amides is 2. The summed E-state index contributed by atoms with van der Waals surface area (Å²) in [5, 5.41) is 18.1. The minimum absolute atomic E-state index is 0.0287. The normalized spacial score (nSPS) is 24.8. The van der Waals surface area contributed by atoms with E-state index in [0.717, 1.165) is 71.0 Å². The van der Waals surface area contributed by atoms with Crippen molar-refractivity contribution in [2.75, 3.05) is 81.9 Å². The Balaban J connectivity index is 0.673. The van der Waals surface area contributed by atoms with Crippen molar-refractivity contribution in [2.45, 2.75) is 114 Å². The molecule has 13 nitrogen and oxygen atoms in total. The average Bonchev–Trinajstić information content (AvgIpc) is 4.08. The first-order valence-electron chi connectivity index (χ1n) is 26.8. The molecule has 5 saturated heterocycles. The number of anilines is 2. The molecule has 2 aromatic heterocycles. The van der Waals surface area contributed by atoms with Crippen LogP contribution in [0.5, 0.6) is 11.8 Å². The number of carbonyl (C=O) groups is 2. The summed E-state index contributed by atoms with van der Waals surface area (Å²) in [6.07, 6.45) is 10.8. The van der Waals surface area contributed by atoms with Crippen LogP contribution in [0.3, 0.4) is 0 Å². The van der Waals surface area contributed by atoms with Crippen molar-refractivity contribution in [3.8, 4) is 23.0 Å². The van der Waals surface area contributed by atoms with E-state index in [1.165, 1.54) is 24.3 Å². The van der Waals surface area contributed by atoms with E-state index in [1.54, 1.807) is 18.3 Å². The van der Waals surface area contributed by atoms with Crippen LogP contribution in [0.25, 0.3) is 32.9 Å². The van der Waals surface area contributed by atoms with Crippen molar-refractivity contribution in [1.29, 1.82) is 0 Å². The van der Waals surface area contributed by atoms with Crippen LogP contribution < -0.4 is 25.2 Å². The van der Waals surface area contributed by atoms with Gasteiger partial charge in [0, 0.05) is 99.3 Å². The Morgan fingerprint density at radius 1 is 0.784 bits per heavy atom. The maximum Gasteiger partial charge on any atom is 0.319 e. The predicted molar refractivity (Wildman–Crippen MR) is 271 cm³/mol. The number of aryl methyl sites for hydroxylation is 1. The third kappa shape index (κ3) is 9.41. The van der Waals surface area contributed by atoms with E-state index < -0.39 is 46.7 Å². The fourth-order valence-electron chi connectivity index (χ4n) is 13.4. The Morgan fingerprint density at radius 3 is 2.16 bits per heavy atom. The number of alkyl halides is 1. The van der Waals surface area contributed by atoms with Gasteiger partial charge < -0.3 is 29.9 Å². The third-order valence-electron chi connectivity index (χ3n) is 18.0. The second-order valence-electron chi connectivity index (χ2n) is 22.8. The molecule has 3 N–H and O–H groups in total. The number of rotatable bonds is 12. The SMILES string of the molecule is CCc1c(F)ccc2cc(O)cc(-c3ncc4c(N5CC6CCC(C5)N6)nc(OCC5(CN6CCC7(CC6)CCC(F)(CN6CCN(c8cc(F)c(C9CCC(=O)NC9=O)c(F)c8)CC6)CC7)CC5)nc4c3F)c12. The summed E-state index contributed by atoms with van der Waals surface area (Å²) < 4.78 is 86.2. The van der Waals surface area contributed by atoms with Gasteiger partial charge in [-0.1, -0.05) is 13.0 Å². The summed E-state index contributed by atoms with van der Waals surface area (Å²) in [5.41, 5.74) is -0.461. The number of hydrogen-bond acceptors (Lipinski definition) is 12. The number of phenolic OH excluding ortho intramolecular Hbond substituents is 1. The zero-order valence-corrected chi connectivity index (χ0v) is 41.9. The van der Waals surface area contributed by atoms with Gasteiger partial charge >= 0.3 is 6.01 Å². The summed E-state index contributed by atoms with van der Waals surface area (Å²) in [7, 11) is 0. The molecule has 5 aliphatic heterocycles. The smallest absolute Gasteiger partial charge is 0.319 e. The molecule has 2 aliphatic carbocycles. The monoisotopic (exact) mass is 1020 g/mol. The number of halogens is 5. The number of pyridine rings is 1.